The molecular weight excluding hydrogens is 361 g/mol. The van der Waals surface area contributed by atoms with Crippen LogP contribution in [0.25, 0.3) is 0 Å². The van der Waals surface area contributed by atoms with Crippen molar-refractivity contribution in [1.82, 2.24) is 9.62 Å². The minimum absolute atomic E-state index is 0.190. The number of hydrogen-bond acceptors (Lipinski definition) is 4. The van der Waals surface area contributed by atoms with Crippen LogP contribution in [0.2, 0.25) is 0 Å². The van der Waals surface area contributed by atoms with Crippen molar-refractivity contribution >= 4 is 31.6 Å². The summed E-state index contributed by atoms with van der Waals surface area (Å²) >= 11 is 3.07. The first-order chi connectivity index (χ1) is 9.83. The third kappa shape index (κ3) is 3.94. The lowest BCUT2D eigenvalue weighted by Gasteiger charge is -2.14. The van der Waals surface area contributed by atoms with Crippen molar-refractivity contribution in [3.63, 3.8) is 0 Å². The van der Waals surface area contributed by atoms with Crippen LogP contribution in [-0.4, -0.2) is 39.5 Å². The predicted octanol–water partition coefficient (Wildman–Crippen LogP) is 1.79. The van der Waals surface area contributed by atoms with Gasteiger partial charge in [-0.05, 0) is 53.5 Å². The molecule has 1 aromatic carbocycles. The number of hydrogen-bond donors (Lipinski definition) is 2. The second-order valence-corrected chi connectivity index (χ2v) is 7.79. The number of nitrogens with one attached hydrogen (secondary N) is 1. The van der Waals surface area contributed by atoms with E-state index in [2.05, 4.69) is 32.5 Å². The number of likely N-dealkylation sites (tertiary alicyclic amines) is 1. The lowest BCUT2D eigenvalue weighted by Crippen LogP contribution is -2.31. The first-order valence-electron chi connectivity index (χ1n) is 6.80. The Labute approximate surface area is 132 Å². The molecule has 1 aromatic rings. The third-order valence-corrected chi connectivity index (χ3v) is 5.85. The maximum atomic E-state index is 13.8. The minimum Gasteiger partial charge on any atom is -0.398 e. The fourth-order valence-electron chi connectivity index (χ4n) is 2.42. The summed E-state index contributed by atoms with van der Waals surface area (Å²) in [5.74, 6) is -0.555. The molecule has 1 aliphatic heterocycles. The van der Waals surface area contributed by atoms with Crippen molar-refractivity contribution in [3.05, 3.63) is 22.4 Å². The van der Waals surface area contributed by atoms with Gasteiger partial charge < -0.3 is 10.6 Å². The first-order valence-corrected chi connectivity index (χ1v) is 9.07. The molecule has 0 radical (unpaired) electrons. The van der Waals surface area contributed by atoms with Gasteiger partial charge in [0.25, 0.3) is 0 Å². The SMILES string of the molecule is CCN1CCC(CNS(=O)(=O)c2cc(N)c(Br)cc2F)C1. The van der Waals surface area contributed by atoms with Crippen LogP contribution in [0.3, 0.4) is 0 Å². The van der Waals surface area contributed by atoms with E-state index in [4.69, 9.17) is 5.73 Å². The normalized spacial score (nSPS) is 20.0. The fraction of sp³-hybridized carbons (Fsp3) is 0.538. The van der Waals surface area contributed by atoms with Crippen LogP contribution in [0.15, 0.2) is 21.5 Å². The van der Waals surface area contributed by atoms with Gasteiger partial charge in [0.1, 0.15) is 10.7 Å². The molecule has 2 rings (SSSR count). The van der Waals surface area contributed by atoms with Gasteiger partial charge in [-0.2, -0.15) is 0 Å². The number of nitrogen functional groups attached to an aromatic ring is 1. The summed E-state index contributed by atoms with van der Waals surface area (Å²) in [6.45, 7) is 5.19. The molecule has 3 N–H and O–H groups in total. The first kappa shape index (κ1) is 16.7. The molecule has 1 unspecified atom stereocenters. The second kappa shape index (κ2) is 6.60. The minimum atomic E-state index is -3.89. The average molecular weight is 380 g/mol. The maximum absolute atomic E-state index is 13.8. The Hall–Kier alpha value is -0.700. The van der Waals surface area contributed by atoms with Crippen molar-refractivity contribution in [3.8, 4) is 0 Å². The van der Waals surface area contributed by atoms with Gasteiger partial charge in [-0.1, -0.05) is 6.92 Å². The third-order valence-electron chi connectivity index (χ3n) is 3.72. The van der Waals surface area contributed by atoms with E-state index in [0.29, 0.717) is 11.0 Å². The van der Waals surface area contributed by atoms with Crippen molar-refractivity contribution in [2.45, 2.75) is 18.2 Å². The molecule has 0 saturated carbocycles. The van der Waals surface area contributed by atoms with Crippen LogP contribution < -0.4 is 10.5 Å². The number of nitrogens with two attached hydrogens (primary N) is 1. The summed E-state index contributed by atoms with van der Waals surface area (Å²) in [4.78, 5) is 1.85. The molecule has 1 saturated heterocycles. The highest BCUT2D eigenvalue weighted by molar-refractivity contribution is 9.10. The Balaban J connectivity index is 2.07. The molecule has 0 amide bonds. The lowest BCUT2D eigenvalue weighted by atomic mass is 10.1. The maximum Gasteiger partial charge on any atom is 0.243 e. The van der Waals surface area contributed by atoms with Crippen LogP contribution in [0, 0.1) is 11.7 Å². The zero-order valence-electron chi connectivity index (χ0n) is 11.8. The van der Waals surface area contributed by atoms with Gasteiger partial charge in [0.15, 0.2) is 0 Å². The standard InChI is InChI=1S/C13H19BrFN3O2S/c1-2-18-4-3-9(8-18)7-17-21(19,20)13-6-12(16)10(14)5-11(13)15/h5-6,9,17H,2-4,7-8,16H2,1H3. The predicted molar refractivity (Wildman–Crippen MR) is 83.9 cm³/mol. The Morgan fingerprint density at radius 3 is 2.86 bits per heavy atom. The van der Waals surface area contributed by atoms with Crippen LogP contribution in [0.1, 0.15) is 13.3 Å². The quantitative estimate of drug-likeness (QED) is 0.764. The smallest absolute Gasteiger partial charge is 0.243 e. The van der Waals surface area contributed by atoms with E-state index in [-0.39, 0.29) is 11.6 Å². The summed E-state index contributed by atoms with van der Waals surface area (Å²) < 4.78 is 41.0. The highest BCUT2D eigenvalue weighted by atomic mass is 79.9. The summed E-state index contributed by atoms with van der Waals surface area (Å²) in [6, 6.07) is 2.20. The highest BCUT2D eigenvalue weighted by Gasteiger charge is 2.25. The summed E-state index contributed by atoms with van der Waals surface area (Å²) in [7, 11) is -3.89. The van der Waals surface area contributed by atoms with Gasteiger partial charge in [-0.25, -0.2) is 17.5 Å². The molecule has 1 fully saturated rings. The molecule has 0 aliphatic carbocycles. The van der Waals surface area contributed by atoms with Crippen molar-refractivity contribution in [2.24, 2.45) is 5.92 Å². The number of nitrogens with zero attached hydrogens (tertiary/aromatic N) is 1. The number of anilines is 1. The Morgan fingerprint density at radius 2 is 2.24 bits per heavy atom. The summed E-state index contributed by atoms with van der Waals surface area (Å²) in [6.07, 6.45) is 0.946. The van der Waals surface area contributed by atoms with E-state index < -0.39 is 20.7 Å². The van der Waals surface area contributed by atoms with E-state index in [1.54, 1.807) is 0 Å². The highest BCUT2D eigenvalue weighted by Crippen LogP contribution is 2.26. The number of rotatable bonds is 5. The zero-order valence-corrected chi connectivity index (χ0v) is 14.2. The Bertz CT molecular complexity index is 624. The molecule has 1 atom stereocenters. The molecule has 0 spiro atoms. The van der Waals surface area contributed by atoms with E-state index in [9.17, 15) is 12.8 Å². The summed E-state index contributed by atoms with van der Waals surface area (Å²) in [5.41, 5.74) is 5.82. The van der Waals surface area contributed by atoms with Crippen LogP contribution in [0.5, 0.6) is 0 Å². The van der Waals surface area contributed by atoms with E-state index >= 15 is 0 Å². The summed E-state index contributed by atoms with van der Waals surface area (Å²) in [5, 5.41) is 0. The molecule has 21 heavy (non-hydrogen) atoms. The van der Waals surface area contributed by atoms with Crippen LogP contribution in [-0.2, 0) is 10.0 Å². The van der Waals surface area contributed by atoms with Crippen molar-refractivity contribution in [1.29, 1.82) is 0 Å². The topological polar surface area (TPSA) is 75.4 Å². The average Bonchev–Trinajstić information content (AvgIpc) is 2.88. The van der Waals surface area contributed by atoms with Crippen LogP contribution in [0.4, 0.5) is 10.1 Å². The number of benzene rings is 1. The van der Waals surface area contributed by atoms with Crippen molar-refractivity contribution in [2.75, 3.05) is 31.9 Å². The molecular formula is C13H19BrFN3O2S. The zero-order chi connectivity index (χ0) is 15.6. The van der Waals surface area contributed by atoms with E-state index in [1.165, 1.54) is 0 Å². The van der Waals surface area contributed by atoms with Gasteiger partial charge in [0.05, 0.1) is 0 Å². The van der Waals surface area contributed by atoms with E-state index in [0.717, 1.165) is 38.2 Å². The van der Waals surface area contributed by atoms with Gasteiger partial charge in [-0.15, -0.1) is 0 Å². The van der Waals surface area contributed by atoms with Gasteiger partial charge in [0.2, 0.25) is 10.0 Å². The molecule has 1 heterocycles. The van der Waals surface area contributed by atoms with Crippen molar-refractivity contribution < 1.29 is 12.8 Å². The Morgan fingerprint density at radius 1 is 1.52 bits per heavy atom. The Kier molecular flexibility index (Phi) is 5.24. The van der Waals surface area contributed by atoms with Gasteiger partial charge in [-0.3, -0.25) is 0 Å². The molecule has 118 valence electrons. The number of sulfonamides is 1. The van der Waals surface area contributed by atoms with E-state index in [1.807, 2.05) is 0 Å². The monoisotopic (exact) mass is 379 g/mol. The largest absolute Gasteiger partial charge is 0.398 e. The number of halogens is 2. The molecule has 8 heteroatoms. The molecule has 1 aliphatic rings. The second-order valence-electron chi connectivity index (χ2n) is 5.20. The van der Waals surface area contributed by atoms with Crippen LogP contribution >= 0.6 is 15.9 Å². The fourth-order valence-corrected chi connectivity index (χ4v) is 3.95. The molecule has 0 aromatic heterocycles. The lowest BCUT2D eigenvalue weighted by molar-refractivity contribution is 0.342. The molecule has 0 bridgehead atoms. The molecule has 5 nitrogen and oxygen atoms in total. The van der Waals surface area contributed by atoms with Gasteiger partial charge in [0, 0.05) is 23.2 Å². The van der Waals surface area contributed by atoms with Gasteiger partial charge >= 0.3 is 0 Å².